The topological polar surface area (TPSA) is 150 Å². The number of phenolic OH excluding ortho intramolecular Hbond substituents is 1. The number of tetrazole rings is 1. The third kappa shape index (κ3) is 2.82. The van der Waals surface area contributed by atoms with Crippen LogP contribution < -0.4 is 11.1 Å². The molecule has 3 unspecified atom stereocenters. The number of β-lactam (4-membered cyclic amide) rings is 1. The van der Waals surface area contributed by atoms with Crippen LogP contribution >= 0.6 is 11.8 Å². The molecule has 3 heterocycles. The lowest BCUT2D eigenvalue weighted by Crippen LogP contribution is -2.68. The molecule has 1 aromatic heterocycles. The molecular formula is C16H19N7O3S. The van der Waals surface area contributed by atoms with Crippen LogP contribution in [0.2, 0.25) is 0 Å². The molecule has 4 atom stereocenters. The molecule has 10 nitrogen and oxygen atoms in total. The molecule has 2 saturated heterocycles. The lowest BCUT2D eigenvalue weighted by Gasteiger charge is -2.44. The quantitative estimate of drug-likeness (QED) is 0.526. The maximum absolute atomic E-state index is 12.7. The highest BCUT2D eigenvalue weighted by Gasteiger charge is 2.63. The van der Waals surface area contributed by atoms with Crippen LogP contribution in [-0.4, -0.2) is 58.6 Å². The van der Waals surface area contributed by atoms with Crippen molar-refractivity contribution >= 4 is 23.6 Å². The summed E-state index contributed by atoms with van der Waals surface area (Å²) in [6, 6.07) is 4.18. The zero-order valence-corrected chi connectivity index (χ0v) is 15.5. The van der Waals surface area contributed by atoms with Crippen molar-refractivity contribution in [2.45, 2.75) is 42.1 Å². The van der Waals surface area contributed by atoms with Crippen LogP contribution in [0.3, 0.4) is 0 Å². The number of fused-ring (bicyclic) bond motifs is 1. The second-order valence-corrected chi connectivity index (χ2v) is 8.86. The highest BCUT2D eigenvalue weighted by molar-refractivity contribution is 8.01. The van der Waals surface area contributed by atoms with Gasteiger partial charge in [0.1, 0.15) is 29.2 Å². The van der Waals surface area contributed by atoms with Gasteiger partial charge in [-0.3, -0.25) is 9.59 Å². The SMILES string of the molecule is CC1(C)S[C@H]2C(NC(=O)C(N)c3ccc(O)cc3)C(=O)N2C1c1nn[nH]n1. The van der Waals surface area contributed by atoms with Gasteiger partial charge in [0.05, 0.1) is 0 Å². The van der Waals surface area contributed by atoms with Gasteiger partial charge in [-0.05, 0) is 31.5 Å². The molecule has 4 rings (SSSR count). The van der Waals surface area contributed by atoms with Gasteiger partial charge in [-0.1, -0.05) is 17.3 Å². The standard InChI is InChI=1S/C16H19N7O3S/c1-16(2)11(12-19-21-22-20-12)23-14(26)10(15(23)27-16)18-13(25)9(17)7-3-5-8(24)6-4-7/h3-6,9-11,15,24H,17H2,1-2H3,(H,18,25)(H,19,20,21,22)/t9?,10?,11?,15-/m0/s1. The summed E-state index contributed by atoms with van der Waals surface area (Å²) in [6.07, 6.45) is 0. The van der Waals surface area contributed by atoms with E-state index in [2.05, 4.69) is 25.9 Å². The van der Waals surface area contributed by atoms with Gasteiger partial charge in [0.15, 0.2) is 5.82 Å². The molecule has 27 heavy (non-hydrogen) atoms. The fraction of sp³-hybridized carbons (Fsp3) is 0.438. The van der Waals surface area contributed by atoms with E-state index in [4.69, 9.17) is 5.73 Å². The second-order valence-electron chi connectivity index (χ2n) is 7.09. The smallest absolute Gasteiger partial charge is 0.249 e. The van der Waals surface area contributed by atoms with Gasteiger partial charge < -0.3 is 21.1 Å². The van der Waals surface area contributed by atoms with Crippen LogP contribution in [0.15, 0.2) is 24.3 Å². The van der Waals surface area contributed by atoms with Crippen LogP contribution in [0.4, 0.5) is 0 Å². The molecule has 0 aliphatic carbocycles. The molecule has 1 aromatic carbocycles. The van der Waals surface area contributed by atoms with Crippen molar-refractivity contribution in [3.05, 3.63) is 35.7 Å². The van der Waals surface area contributed by atoms with Crippen molar-refractivity contribution in [3.63, 3.8) is 0 Å². The summed E-state index contributed by atoms with van der Waals surface area (Å²) in [4.78, 5) is 26.9. The molecular weight excluding hydrogens is 370 g/mol. The molecule has 0 radical (unpaired) electrons. The summed E-state index contributed by atoms with van der Waals surface area (Å²) in [5.74, 6) is -0.0959. The summed E-state index contributed by atoms with van der Waals surface area (Å²) < 4.78 is -0.331. The minimum Gasteiger partial charge on any atom is -0.508 e. The fourth-order valence-electron chi connectivity index (χ4n) is 3.53. The van der Waals surface area contributed by atoms with E-state index in [0.717, 1.165) is 0 Å². The largest absolute Gasteiger partial charge is 0.508 e. The summed E-state index contributed by atoms with van der Waals surface area (Å²) in [7, 11) is 0. The average Bonchev–Trinajstić information content (AvgIpc) is 3.23. The molecule has 0 saturated carbocycles. The molecule has 2 aliphatic rings. The Hall–Kier alpha value is -2.66. The lowest BCUT2D eigenvalue weighted by atomic mass is 9.95. The third-order valence-corrected chi connectivity index (χ3v) is 6.45. The van der Waals surface area contributed by atoms with Gasteiger partial charge in [0.25, 0.3) is 0 Å². The number of carbonyl (C=O) groups is 2. The van der Waals surface area contributed by atoms with Crippen molar-refractivity contribution < 1.29 is 14.7 Å². The Morgan fingerprint density at radius 2 is 2.11 bits per heavy atom. The molecule has 5 N–H and O–H groups in total. The van der Waals surface area contributed by atoms with E-state index in [9.17, 15) is 14.7 Å². The molecule has 11 heteroatoms. The predicted molar refractivity (Wildman–Crippen MR) is 96.2 cm³/mol. The van der Waals surface area contributed by atoms with Crippen molar-refractivity contribution in [2.24, 2.45) is 5.73 Å². The fourth-order valence-corrected chi connectivity index (χ4v) is 5.16. The van der Waals surface area contributed by atoms with Gasteiger partial charge in [0.2, 0.25) is 11.8 Å². The summed E-state index contributed by atoms with van der Waals surface area (Å²) in [6.45, 7) is 4.01. The van der Waals surface area contributed by atoms with Crippen molar-refractivity contribution in [1.82, 2.24) is 30.8 Å². The van der Waals surface area contributed by atoms with Crippen LogP contribution in [-0.2, 0) is 9.59 Å². The van der Waals surface area contributed by atoms with E-state index in [1.807, 2.05) is 13.8 Å². The molecule has 2 amide bonds. The Labute approximate surface area is 158 Å². The number of nitrogens with zero attached hydrogens (tertiary/aromatic N) is 4. The number of hydrogen-bond acceptors (Lipinski definition) is 8. The monoisotopic (exact) mass is 389 g/mol. The number of H-pyrrole nitrogens is 1. The number of amides is 2. The number of nitrogens with two attached hydrogens (primary N) is 1. The van der Waals surface area contributed by atoms with E-state index in [1.165, 1.54) is 12.1 Å². The van der Waals surface area contributed by atoms with Crippen LogP contribution in [0.5, 0.6) is 5.75 Å². The van der Waals surface area contributed by atoms with Gasteiger partial charge in [-0.15, -0.1) is 22.0 Å². The molecule has 2 aliphatic heterocycles. The first kappa shape index (κ1) is 17.7. The highest BCUT2D eigenvalue weighted by Crippen LogP contribution is 2.56. The molecule has 2 aromatic rings. The third-order valence-electron chi connectivity index (χ3n) is 4.88. The zero-order valence-electron chi connectivity index (χ0n) is 14.7. The van der Waals surface area contributed by atoms with Gasteiger partial charge in [-0.2, -0.15) is 5.21 Å². The second kappa shape index (κ2) is 6.20. The van der Waals surface area contributed by atoms with Crippen LogP contribution in [0.25, 0.3) is 0 Å². The number of thioether (sulfide) groups is 1. The highest BCUT2D eigenvalue weighted by atomic mass is 32.2. The predicted octanol–water partition coefficient (Wildman–Crippen LogP) is -0.175. The first-order valence-corrected chi connectivity index (χ1v) is 9.26. The molecule has 2 fully saturated rings. The van der Waals surface area contributed by atoms with E-state index in [1.54, 1.807) is 28.8 Å². The minimum absolute atomic E-state index is 0.0910. The number of rotatable bonds is 4. The van der Waals surface area contributed by atoms with E-state index in [0.29, 0.717) is 11.4 Å². The van der Waals surface area contributed by atoms with Crippen LogP contribution in [0, 0.1) is 0 Å². The minimum atomic E-state index is -0.931. The summed E-state index contributed by atoms with van der Waals surface area (Å²) in [5.41, 5.74) is 6.55. The molecule has 0 bridgehead atoms. The Morgan fingerprint density at radius 3 is 2.74 bits per heavy atom. The van der Waals surface area contributed by atoms with Gasteiger partial charge in [0, 0.05) is 4.75 Å². The zero-order chi connectivity index (χ0) is 19.3. The molecule has 142 valence electrons. The number of phenols is 1. The van der Waals surface area contributed by atoms with Crippen molar-refractivity contribution in [1.29, 1.82) is 0 Å². The van der Waals surface area contributed by atoms with Crippen molar-refractivity contribution in [2.75, 3.05) is 0 Å². The van der Waals surface area contributed by atoms with Crippen LogP contribution in [0.1, 0.15) is 37.3 Å². The van der Waals surface area contributed by atoms with Crippen molar-refractivity contribution in [3.8, 4) is 5.75 Å². The summed E-state index contributed by atoms with van der Waals surface area (Å²) in [5, 5.41) is 25.9. The first-order chi connectivity index (χ1) is 12.8. The lowest BCUT2D eigenvalue weighted by molar-refractivity contribution is -0.152. The Kier molecular flexibility index (Phi) is 4.07. The van der Waals surface area contributed by atoms with E-state index >= 15 is 0 Å². The van der Waals surface area contributed by atoms with E-state index < -0.39 is 18.0 Å². The number of benzene rings is 1. The normalized spacial score (nSPS) is 27.0. The number of aromatic hydroxyl groups is 1. The number of carbonyl (C=O) groups excluding carboxylic acids is 2. The maximum atomic E-state index is 12.7. The Balaban J connectivity index is 1.48. The first-order valence-electron chi connectivity index (χ1n) is 8.38. The number of aromatic nitrogens is 4. The van der Waals surface area contributed by atoms with E-state index in [-0.39, 0.29) is 27.8 Å². The number of nitrogens with one attached hydrogen (secondary N) is 2. The van der Waals surface area contributed by atoms with Gasteiger partial charge >= 0.3 is 0 Å². The number of aromatic amines is 1. The average molecular weight is 389 g/mol. The Bertz CT molecular complexity index is 871. The Morgan fingerprint density at radius 1 is 1.41 bits per heavy atom. The summed E-state index contributed by atoms with van der Waals surface area (Å²) >= 11 is 1.58. The van der Waals surface area contributed by atoms with Gasteiger partial charge in [-0.25, -0.2) is 0 Å². The number of hydrogen-bond donors (Lipinski definition) is 4. The maximum Gasteiger partial charge on any atom is 0.249 e. The molecule has 0 spiro atoms.